The first-order chi connectivity index (χ1) is 6.27. The third-order valence-corrected chi connectivity index (χ3v) is 2.83. The summed E-state index contributed by atoms with van der Waals surface area (Å²) in [5.41, 5.74) is 0. The summed E-state index contributed by atoms with van der Waals surface area (Å²) in [6, 6.07) is 0. The van der Waals surface area contributed by atoms with E-state index in [4.69, 9.17) is 0 Å². The van der Waals surface area contributed by atoms with E-state index in [9.17, 15) is 4.39 Å². The Morgan fingerprint density at radius 3 is 2.54 bits per heavy atom. The Labute approximate surface area is 77.2 Å². The van der Waals surface area contributed by atoms with Gasteiger partial charge in [-0.05, 0) is 18.8 Å². The van der Waals surface area contributed by atoms with Crippen LogP contribution < -0.4 is 0 Å². The number of rotatable bonds is 1. The highest BCUT2D eigenvalue weighted by atomic mass is 19.1. The van der Waals surface area contributed by atoms with E-state index >= 15 is 0 Å². The van der Waals surface area contributed by atoms with Crippen molar-refractivity contribution in [2.24, 2.45) is 5.92 Å². The fraction of sp³-hybridized carbons (Fsp3) is 0.600. The summed E-state index contributed by atoms with van der Waals surface area (Å²) in [7, 11) is 0. The van der Waals surface area contributed by atoms with Gasteiger partial charge in [-0.15, -0.1) is 0 Å². The summed E-state index contributed by atoms with van der Waals surface area (Å²) in [5, 5.41) is 0. The van der Waals surface area contributed by atoms with Crippen LogP contribution in [0.15, 0.2) is 12.4 Å². The molecule has 3 heteroatoms. The minimum absolute atomic E-state index is 0.352. The maximum Gasteiger partial charge on any atom is 0.159 e. The average molecular weight is 180 g/mol. The Morgan fingerprint density at radius 1 is 1.31 bits per heavy atom. The molecule has 0 aliphatic heterocycles. The molecule has 2 nitrogen and oxygen atoms in total. The quantitative estimate of drug-likeness (QED) is 0.663. The van der Waals surface area contributed by atoms with Crippen molar-refractivity contribution in [3.05, 3.63) is 24.0 Å². The van der Waals surface area contributed by atoms with Crippen LogP contribution in [-0.2, 0) is 0 Å². The van der Waals surface area contributed by atoms with E-state index in [2.05, 4.69) is 16.9 Å². The predicted octanol–water partition coefficient (Wildman–Crippen LogP) is 2.52. The maximum absolute atomic E-state index is 12.5. The van der Waals surface area contributed by atoms with Crippen molar-refractivity contribution in [2.45, 2.75) is 32.1 Å². The first-order valence-corrected chi connectivity index (χ1v) is 4.75. The molecule has 1 aromatic rings. The molecule has 0 radical (unpaired) electrons. The summed E-state index contributed by atoms with van der Waals surface area (Å²) in [6.45, 7) is 2.21. The molecule has 0 N–H and O–H groups in total. The zero-order chi connectivity index (χ0) is 9.26. The third-order valence-electron chi connectivity index (χ3n) is 2.83. The number of aromatic nitrogens is 2. The second-order valence-corrected chi connectivity index (χ2v) is 3.77. The van der Waals surface area contributed by atoms with Crippen LogP contribution in [0.4, 0.5) is 4.39 Å². The van der Waals surface area contributed by atoms with Crippen molar-refractivity contribution in [2.75, 3.05) is 0 Å². The van der Waals surface area contributed by atoms with Crippen LogP contribution in [0.2, 0.25) is 0 Å². The Hall–Kier alpha value is -0.990. The Kier molecular flexibility index (Phi) is 2.25. The van der Waals surface area contributed by atoms with Gasteiger partial charge in [0.2, 0.25) is 0 Å². The lowest BCUT2D eigenvalue weighted by Crippen LogP contribution is -2.06. The Morgan fingerprint density at radius 2 is 2.00 bits per heavy atom. The molecule has 2 atom stereocenters. The van der Waals surface area contributed by atoms with Crippen LogP contribution in [-0.4, -0.2) is 9.97 Å². The van der Waals surface area contributed by atoms with E-state index in [1.54, 1.807) is 0 Å². The molecular formula is C10H13FN2. The summed E-state index contributed by atoms with van der Waals surface area (Å²) in [5.74, 6) is 1.55. The van der Waals surface area contributed by atoms with Crippen LogP contribution in [0.1, 0.15) is 37.9 Å². The molecule has 0 bridgehead atoms. The van der Waals surface area contributed by atoms with Crippen molar-refractivity contribution < 1.29 is 4.39 Å². The number of halogens is 1. The number of nitrogens with zero attached hydrogens (tertiary/aromatic N) is 2. The molecule has 0 spiro atoms. The third kappa shape index (κ3) is 1.69. The zero-order valence-electron chi connectivity index (χ0n) is 7.70. The maximum atomic E-state index is 12.5. The van der Waals surface area contributed by atoms with E-state index in [0.717, 1.165) is 12.2 Å². The summed E-state index contributed by atoms with van der Waals surface area (Å²) in [4.78, 5) is 8.05. The van der Waals surface area contributed by atoms with Gasteiger partial charge in [-0.2, -0.15) is 0 Å². The van der Waals surface area contributed by atoms with Gasteiger partial charge >= 0.3 is 0 Å². The molecule has 1 aliphatic rings. The SMILES string of the molecule is C[C@H]1CCC[C@@H]1c1ncc(F)cn1. The number of hydrogen-bond donors (Lipinski definition) is 0. The smallest absolute Gasteiger partial charge is 0.159 e. The van der Waals surface area contributed by atoms with Gasteiger partial charge in [0.05, 0.1) is 12.4 Å². The van der Waals surface area contributed by atoms with E-state index in [1.807, 2.05) is 0 Å². The molecule has 1 aliphatic carbocycles. The fourth-order valence-electron chi connectivity index (χ4n) is 2.04. The molecule has 1 heterocycles. The van der Waals surface area contributed by atoms with Gasteiger partial charge in [0.1, 0.15) is 5.82 Å². The lowest BCUT2D eigenvalue weighted by Gasteiger charge is -2.12. The highest BCUT2D eigenvalue weighted by Gasteiger charge is 2.26. The molecule has 1 aromatic heterocycles. The Bertz CT molecular complexity index is 283. The second kappa shape index (κ2) is 3.40. The molecular weight excluding hydrogens is 167 g/mol. The molecule has 0 unspecified atom stereocenters. The normalized spacial score (nSPS) is 27.8. The van der Waals surface area contributed by atoms with Crippen LogP contribution in [0.5, 0.6) is 0 Å². The van der Waals surface area contributed by atoms with Crippen LogP contribution in [0.25, 0.3) is 0 Å². The van der Waals surface area contributed by atoms with Gasteiger partial charge < -0.3 is 0 Å². The van der Waals surface area contributed by atoms with E-state index in [1.165, 1.54) is 25.2 Å². The fourth-order valence-corrected chi connectivity index (χ4v) is 2.04. The lowest BCUT2D eigenvalue weighted by molar-refractivity contribution is 0.503. The van der Waals surface area contributed by atoms with E-state index in [0.29, 0.717) is 11.8 Å². The van der Waals surface area contributed by atoms with Gasteiger partial charge in [0.15, 0.2) is 5.82 Å². The van der Waals surface area contributed by atoms with Crippen molar-refractivity contribution in [1.82, 2.24) is 9.97 Å². The summed E-state index contributed by atoms with van der Waals surface area (Å²) >= 11 is 0. The molecule has 13 heavy (non-hydrogen) atoms. The molecule has 0 aromatic carbocycles. The van der Waals surface area contributed by atoms with Gasteiger partial charge in [-0.1, -0.05) is 13.3 Å². The standard InChI is InChI=1S/C10H13FN2/c1-7-3-2-4-9(7)10-12-5-8(11)6-13-10/h5-7,9H,2-4H2,1H3/t7-,9-/m0/s1. The molecule has 2 rings (SSSR count). The van der Waals surface area contributed by atoms with Crippen molar-refractivity contribution >= 4 is 0 Å². The summed E-state index contributed by atoms with van der Waals surface area (Å²) in [6.07, 6.45) is 6.14. The van der Waals surface area contributed by atoms with Crippen molar-refractivity contribution in [3.8, 4) is 0 Å². The highest BCUT2D eigenvalue weighted by molar-refractivity contribution is 5.02. The lowest BCUT2D eigenvalue weighted by atomic mass is 9.97. The average Bonchev–Trinajstić information content (AvgIpc) is 2.53. The summed E-state index contributed by atoms with van der Waals surface area (Å²) < 4.78 is 12.5. The molecule has 1 fully saturated rings. The van der Waals surface area contributed by atoms with Crippen LogP contribution >= 0.6 is 0 Å². The predicted molar refractivity (Wildman–Crippen MR) is 47.7 cm³/mol. The first kappa shape index (κ1) is 8.60. The van der Waals surface area contributed by atoms with Gasteiger partial charge in [0, 0.05) is 5.92 Å². The molecule has 70 valence electrons. The molecule has 1 saturated carbocycles. The first-order valence-electron chi connectivity index (χ1n) is 4.75. The second-order valence-electron chi connectivity index (χ2n) is 3.77. The van der Waals surface area contributed by atoms with Gasteiger partial charge in [0.25, 0.3) is 0 Å². The highest BCUT2D eigenvalue weighted by Crippen LogP contribution is 2.37. The largest absolute Gasteiger partial charge is 0.238 e. The zero-order valence-corrected chi connectivity index (χ0v) is 7.70. The van der Waals surface area contributed by atoms with Crippen molar-refractivity contribution in [1.29, 1.82) is 0 Å². The molecule has 0 saturated heterocycles. The van der Waals surface area contributed by atoms with E-state index < -0.39 is 0 Å². The monoisotopic (exact) mass is 180 g/mol. The van der Waals surface area contributed by atoms with Crippen LogP contribution in [0.3, 0.4) is 0 Å². The van der Waals surface area contributed by atoms with Crippen molar-refractivity contribution in [3.63, 3.8) is 0 Å². The Balaban J connectivity index is 2.20. The minimum atomic E-state index is -0.352. The van der Waals surface area contributed by atoms with E-state index in [-0.39, 0.29) is 5.82 Å². The number of hydrogen-bond acceptors (Lipinski definition) is 2. The van der Waals surface area contributed by atoms with Gasteiger partial charge in [-0.25, -0.2) is 14.4 Å². The minimum Gasteiger partial charge on any atom is -0.238 e. The topological polar surface area (TPSA) is 25.8 Å². The van der Waals surface area contributed by atoms with Crippen LogP contribution in [0, 0.1) is 11.7 Å². The molecule has 0 amide bonds. The van der Waals surface area contributed by atoms with Gasteiger partial charge in [-0.3, -0.25) is 0 Å².